The maximum Gasteiger partial charge on any atom is 0.0858 e. The molecule has 0 unspecified atom stereocenters. The summed E-state index contributed by atoms with van der Waals surface area (Å²) >= 11 is 0. The van der Waals surface area contributed by atoms with Crippen molar-refractivity contribution in [2.45, 2.75) is 45.8 Å². The summed E-state index contributed by atoms with van der Waals surface area (Å²) in [5.74, 6) is 0. The first-order valence-electron chi connectivity index (χ1n) is 7.28. The van der Waals surface area contributed by atoms with Gasteiger partial charge in [0.1, 0.15) is 0 Å². The Morgan fingerprint density at radius 2 is 1.80 bits per heavy atom. The van der Waals surface area contributed by atoms with E-state index < -0.39 is 8.07 Å². The highest BCUT2D eigenvalue weighted by Gasteiger charge is 2.36. The van der Waals surface area contributed by atoms with Crippen molar-refractivity contribution in [3.63, 3.8) is 0 Å². The van der Waals surface area contributed by atoms with Crippen LogP contribution >= 0.6 is 0 Å². The zero-order chi connectivity index (χ0) is 15.6. The highest BCUT2D eigenvalue weighted by molar-refractivity contribution is 6.87. The Kier molecular flexibility index (Phi) is 8.24. The average Bonchev–Trinajstić information content (AvgIpc) is 2.35. The maximum absolute atomic E-state index is 3.98. The van der Waals surface area contributed by atoms with Gasteiger partial charge in [0, 0.05) is 6.54 Å². The summed E-state index contributed by atoms with van der Waals surface area (Å²) in [6, 6.07) is 0. The summed E-state index contributed by atoms with van der Waals surface area (Å²) in [6.45, 7) is 18.6. The minimum absolute atomic E-state index is 0.337. The van der Waals surface area contributed by atoms with Crippen LogP contribution in [-0.4, -0.2) is 14.6 Å². The fraction of sp³-hybridized carbons (Fsp3) is 0.444. The van der Waals surface area contributed by atoms with E-state index in [9.17, 15) is 0 Å². The third kappa shape index (κ3) is 6.24. The van der Waals surface area contributed by atoms with Crippen LogP contribution in [0.4, 0.5) is 0 Å². The summed E-state index contributed by atoms with van der Waals surface area (Å²) < 4.78 is 0. The molecule has 0 spiro atoms. The number of rotatable bonds is 7. The van der Waals surface area contributed by atoms with E-state index in [4.69, 9.17) is 0 Å². The average molecular weight is 290 g/mol. The van der Waals surface area contributed by atoms with Gasteiger partial charge in [-0.15, -0.1) is 0 Å². The SMILES string of the molecule is C=C/C(=C\C=C\NC/C=C\C=C/C)[Si](C)(C)C(C)(C)C. The largest absolute Gasteiger partial charge is 0.387 e. The molecular formula is C18H31NSi. The van der Waals surface area contributed by atoms with Gasteiger partial charge in [-0.05, 0) is 24.2 Å². The Balaban J connectivity index is 4.58. The van der Waals surface area contributed by atoms with E-state index in [0.29, 0.717) is 5.04 Å². The van der Waals surface area contributed by atoms with Crippen molar-refractivity contribution in [2.75, 3.05) is 6.54 Å². The van der Waals surface area contributed by atoms with Gasteiger partial charge < -0.3 is 5.32 Å². The first kappa shape index (κ1) is 18.7. The topological polar surface area (TPSA) is 12.0 Å². The third-order valence-electron chi connectivity index (χ3n) is 3.98. The number of hydrogen-bond acceptors (Lipinski definition) is 1. The van der Waals surface area contributed by atoms with Crippen molar-refractivity contribution >= 4 is 8.07 Å². The zero-order valence-electron chi connectivity index (χ0n) is 14.0. The molecule has 0 atom stereocenters. The first-order valence-corrected chi connectivity index (χ1v) is 10.3. The molecule has 112 valence electrons. The van der Waals surface area contributed by atoms with Crippen LogP contribution < -0.4 is 5.32 Å². The van der Waals surface area contributed by atoms with Crippen molar-refractivity contribution in [1.29, 1.82) is 0 Å². The normalized spacial score (nSPS) is 14.6. The van der Waals surface area contributed by atoms with Crippen molar-refractivity contribution < 1.29 is 0 Å². The highest BCUT2D eigenvalue weighted by atomic mass is 28.3. The van der Waals surface area contributed by atoms with Crippen LogP contribution in [0.25, 0.3) is 0 Å². The molecule has 0 aliphatic rings. The van der Waals surface area contributed by atoms with Gasteiger partial charge in [0.2, 0.25) is 0 Å². The lowest BCUT2D eigenvalue weighted by Gasteiger charge is -2.38. The second-order valence-corrected chi connectivity index (χ2v) is 11.7. The van der Waals surface area contributed by atoms with Gasteiger partial charge in [-0.25, -0.2) is 0 Å². The van der Waals surface area contributed by atoms with Crippen LogP contribution in [-0.2, 0) is 0 Å². The van der Waals surface area contributed by atoms with E-state index in [1.807, 2.05) is 37.4 Å². The van der Waals surface area contributed by atoms with Gasteiger partial charge in [0.15, 0.2) is 0 Å². The Morgan fingerprint density at radius 3 is 2.30 bits per heavy atom. The van der Waals surface area contributed by atoms with Gasteiger partial charge >= 0.3 is 0 Å². The van der Waals surface area contributed by atoms with Crippen LogP contribution in [0.15, 0.2) is 60.5 Å². The molecule has 2 heteroatoms. The predicted molar refractivity (Wildman–Crippen MR) is 96.6 cm³/mol. The second-order valence-electron chi connectivity index (χ2n) is 6.42. The summed E-state index contributed by atoms with van der Waals surface area (Å²) in [7, 11) is -1.48. The van der Waals surface area contributed by atoms with E-state index in [1.165, 1.54) is 5.20 Å². The summed E-state index contributed by atoms with van der Waals surface area (Å²) in [5.41, 5.74) is 0. The molecule has 0 heterocycles. The quantitative estimate of drug-likeness (QED) is 0.377. The molecule has 0 aromatic carbocycles. The minimum Gasteiger partial charge on any atom is -0.387 e. The van der Waals surface area contributed by atoms with Crippen LogP contribution in [0.5, 0.6) is 0 Å². The van der Waals surface area contributed by atoms with E-state index in [1.54, 1.807) is 0 Å². The molecule has 0 saturated carbocycles. The van der Waals surface area contributed by atoms with Crippen LogP contribution in [0.3, 0.4) is 0 Å². The molecule has 0 aromatic heterocycles. The van der Waals surface area contributed by atoms with Gasteiger partial charge in [0.25, 0.3) is 0 Å². The smallest absolute Gasteiger partial charge is 0.0858 e. The van der Waals surface area contributed by atoms with Crippen molar-refractivity contribution in [1.82, 2.24) is 5.32 Å². The molecule has 0 fully saturated rings. The molecule has 0 rings (SSSR count). The molecule has 0 radical (unpaired) electrons. The van der Waals surface area contributed by atoms with Gasteiger partial charge in [-0.1, -0.05) is 82.1 Å². The van der Waals surface area contributed by atoms with Gasteiger partial charge in [0.05, 0.1) is 8.07 Å². The molecule has 1 N–H and O–H groups in total. The lowest BCUT2D eigenvalue weighted by Crippen LogP contribution is -2.39. The predicted octanol–water partition coefficient (Wildman–Crippen LogP) is 5.38. The van der Waals surface area contributed by atoms with Crippen LogP contribution in [0.1, 0.15) is 27.7 Å². The molecule has 20 heavy (non-hydrogen) atoms. The summed E-state index contributed by atoms with van der Waals surface area (Å²) in [6.07, 6.45) is 16.5. The first-order chi connectivity index (χ1) is 9.27. The third-order valence-corrected chi connectivity index (χ3v) is 9.55. The Bertz CT molecular complexity index is 404. The van der Waals surface area contributed by atoms with Crippen molar-refractivity contribution in [3.05, 3.63) is 60.5 Å². The molecule has 0 aliphatic heterocycles. The van der Waals surface area contributed by atoms with Gasteiger partial charge in [-0.2, -0.15) is 0 Å². The summed E-state index contributed by atoms with van der Waals surface area (Å²) in [5, 5.41) is 4.98. The summed E-state index contributed by atoms with van der Waals surface area (Å²) in [4.78, 5) is 0. The Labute approximate surface area is 126 Å². The molecule has 0 saturated heterocycles. The number of allylic oxidation sites excluding steroid dienone is 7. The van der Waals surface area contributed by atoms with Crippen LogP contribution in [0, 0.1) is 0 Å². The second kappa shape index (κ2) is 8.80. The minimum atomic E-state index is -1.48. The molecule has 0 bridgehead atoms. The molecular weight excluding hydrogens is 258 g/mol. The van der Waals surface area contributed by atoms with Crippen molar-refractivity contribution in [3.8, 4) is 0 Å². The lowest BCUT2D eigenvalue weighted by atomic mass is 10.2. The molecule has 0 amide bonds. The van der Waals surface area contributed by atoms with Crippen LogP contribution in [0.2, 0.25) is 18.1 Å². The van der Waals surface area contributed by atoms with E-state index in [0.717, 1.165) is 6.54 Å². The fourth-order valence-corrected chi connectivity index (χ4v) is 3.47. The van der Waals surface area contributed by atoms with E-state index >= 15 is 0 Å². The number of nitrogens with one attached hydrogen (secondary N) is 1. The monoisotopic (exact) mass is 289 g/mol. The maximum atomic E-state index is 3.98. The number of hydrogen-bond donors (Lipinski definition) is 1. The molecule has 0 aliphatic carbocycles. The Hall–Kier alpha value is -1.28. The van der Waals surface area contributed by atoms with E-state index in [-0.39, 0.29) is 0 Å². The zero-order valence-corrected chi connectivity index (χ0v) is 15.0. The van der Waals surface area contributed by atoms with E-state index in [2.05, 4.69) is 64.0 Å². The van der Waals surface area contributed by atoms with Crippen molar-refractivity contribution in [2.24, 2.45) is 0 Å². The molecule has 0 aromatic rings. The Morgan fingerprint density at radius 1 is 1.15 bits per heavy atom. The molecule has 1 nitrogen and oxygen atoms in total. The lowest BCUT2D eigenvalue weighted by molar-refractivity contribution is 0.726. The standard InChI is InChI=1S/C18H31NSi/c1-8-10-11-12-15-19-16-13-14-17(9-2)20(6,7)18(3,4)5/h8-14,16,19H,2,15H2,1,3-7H3/b10-8-,12-11-,16-13+,17-14+. The van der Waals surface area contributed by atoms with Gasteiger partial charge in [-0.3, -0.25) is 0 Å². The fourth-order valence-electron chi connectivity index (χ4n) is 1.58. The highest BCUT2D eigenvalue weighted by Crippen LogP contribution is 2.40.